The Labute approximate surface area is 167 Å². The summed E-state index contributed by atoms with van der Waals surface area (Å²) in [4.78, 5) is 22.3. The summed E-state index contributed by atoms with van der Waals surface area (Å²) in [6.07, 6.45) is 6.37. The molecule has 1 fully saturated rings. The van der Waals surface area contributed by atoms with E-state index in [1.54, 1.807) is 0 Å². The standard InChI is InChI=1S/C24H29N3O/c1-17-13-14-19(15-18(17)2)25-23-21-11-7-8-12-22(21)27(24(23)28)16-26(3)20-9-5-4-6-10-20/h7-8,11-15,20H,4-6,9-10,16H2,1-3H3. The average molecular weight is 376 g/mol. The van der Waals surface area contributed by atoms with Crippen LogP contribution in [0, 0.1) is 13.8 Å². The molecule has 0 N–H and O–H groups in total. The molecule has 4 heteroatoms. The van der Waals surface area contributed by atoms with Crippen molar-refractivity contribution in [3.8, 4) is 0 Å². The summed E-state index contributed by atoms with van der Waals surface area (Å²) in [6, 6.07) is 14.7. The van der Waals surface area contributed by atoms with Crippen LogP contribution in [-0.2, 0) is 4.79 Å². The van der Waals surface area contributed by atoms with Crippen molar-refractivity contribution in [3.05, 3.63) is 59.2 Å². The number of fused-ring (bicyclic) bond motifs is 1. The molecule has 0 aromatic heterocycles. The largest absolute Gasteiger partial charge is 0.293 e. The number of hydrogen-bond donors (Lipinski definition) is 0. The molecule has 1 saturated carbocycles. The second kappa shape index (κ2) is 7.88. The van der Waals surface area contributed by atoms with E-state index in [0.29, 0.717) is 18.4 Å². The summed E-state index contributed by atoms with van der Waals surface area (Å²) in [5.41, 5.74) is 5.72. The van der Waals surface area contributed by atoms with Crippen LogP contribution in [0.4, 0.5) is 11.4 Å². The number of hydrogen-bond acceptors (Lipinski definition) is 3. The summed E-state index contributed by atoms with van der Waals surface area (Å²) >= 11 is 0. The Morgan fingerprint density at radius 3 is 2.54 bits per heavy atom. The van der Waals surface area contributed by atoms with Gasteiger partial charge in [0, 0.05) is 11.6 Å². The molecule has 4 nitrogen and oxygen atoms in total. The first-order valence-corrected chi connectivity index (χ1v) is 10.3. The third-order valence-electron chi connectivity index (χ3n) is 6.19. The van der Waals surface area contributed by atoms with E-state index >= 15 is 0 Å². The molecule has 4 rings (SSSR count). The first-order valence-electron chi connectivity index (χ1n) is 10.3. The topological polar surface area (TPSA) is 35.9 Å². The minimum atomic E-state index is 0.00193. The fraction of sp³-hybridized carbons (Fsp3) is 0.417. The number of rotatable bonds is 4. The molecule has 0 atom stereocenters. The Morgan fingerprint density at radius 1 is 1.04 bits per heavy atom. The molecule has 0 radical (unpaired) electrons. The van der Waals surface area contributed by atoms with Crippen molar-refractivity contribution in [2.75, 3.05) is 18.6 Å². The van der Waals surface area contributed by atoms with Crippen LogP contribution >= 0.6 is 0 Å². The number of para-hydroxylation sites is 1. The van der Waals surface area contributed by atoms with Crippen LogP contribution < -0.4 is 4.90 Å². The first-order chi connectivity index (χ1) is 13.5. The van der Waals surface area contributed by atoms with Gasteiger partial charge in [0.25, 0.3) is 5.91 Å². The number of aliphatic imine (C=N–C) groups is 1. The number of nitrogens with zero attached hydrogens (tertiary/aromatic N) is 3. The molecule has 0 spiro atoms. The highest BCUT2D eigenvalue weighted by atomic mass is 16.2. The number of aryl methyl sites for hydroxylation is 2. The minimum Gasteiger partial charge on any atom is -0.293 e. The van der Waals surface area contributed by atoms with E-state index < -0.39 is 0 Å². The highest BCUT2D eigenvalue weighted by Gasteiger charge is 2.35. The van der Waals surface area contributed by atoms with Crippen molar-refractivity contribution in [3.63, 3.8) is 0 Å². The highest BCUT2D eigenvalue weighted by Crippen LogP contribution is 2.32. The summed E-state index contributed by atoms with van der Waals surface area (Å²) in [5.74, 6) is 0.00193. The predicted octanol–water partition coefficient (Wildman–Crippen LogP) is 4.99. The summed E-state index contributed by atoms with van der Waals surface area (Å²) < 4.78 is 0. The smallest absolute Gasteiger partial charge is 0.278 e. The summed E-state index contributed by atoms with van der Waals surface area (Å²) in [7, 11) is 2.14. The molecular weight excluding hydrogens is 346 g/mol. The molecule has 28 heavy (non-hydrogen) atoms. The van der Waals surface area contributed by atoms with E-state index in [-0.39, 0.29) is 5.91 Å². The Bertz CT molecular complexity index is 912. The average Bonchev–Trinajstić information content (AvgIpc) is 2.97. The third kappa shape index (κ3) is 3.61. The Morgan fingerprint density at radius 2 is 1.79 bits per heavy atom. The monoisotopic (exact) mass is 375 g/mol. The summed E-state index contributed by atoms with van der Waals surface area (Å²) in [5, 5.41) is 0. The van der Waals surface area contributed by atoms with Gasteiger partial charge >= 0.3 is 0 Å². The molecule has 2 aliphatic rings. The zero-order valence-electron chi connectivity index (χ0n) is 17.1. The van der Waals surface area contributed by atoms with Crippen LogP contribution in [0.15, 0.2) is 47.5 Å². The molecule has 0 saturated heterocycles. The lowest BCUT2D eigenvalue weighted by Crippen LogP contribution is -2.44. The third-order valence-corrected chi connectivity index (χ3v) is 6.19. The van der Waals surface area contributed by atoms with Gasteiger partial charge in [-0.2, -0.15) is 0 Å². The van der Waals surface area contributed by atoms with Gasteiger partial charge in [0.1, 0.15) is 5.71 Å². The van der Waals surface area contributed by atoms with Crippen molar-refractivity contribution in [1.82, 2.24) is 4.90 Å². The number of anilines is 1. The minimum absolute atomic E-state index is 0.00193. The molecule has 1 amide bonds. The van der Waals surface area contributed by atoms with Crippen molar-refractivity contribution in [2.45, 2.75) is 52.0 Å². The molecule has 146 valence electrons. The van der Waals surface area contributed by atoms with Crippen LogP contribution in [0.1, 0.15) is 48.8 Å². The van der Waals surface area contributed by atoms with Gasteiger partial charge in [-0.1, -0.05) is 43.5 Å². The van der Waals surface area contributed by atoms with E-state index in [4.69, 9.17) is 4.99 Å². The van der Waals surface area contributed by atoms with Gasteiger partial charge in [-0.15, -0.1) is 0 Å². The van der Waals surface area contributed by atoms with Gasteiger partial charge in [-0.3, -0.25) is 14.6 Å². The molecule has 2 aromatic rings. The predicted molar refractivity (Wildman–Crippen MR) is 116 cm³/mol. The highest BCUT2D eigenvalue weighted by molar-refractivity contribution is 6.54. The van der Waals surface area contributed by atoms with Crippen molar-refractivity contribution < 1.29 is 4.79 Å². The number of benzene rings is 2. The molecule has 0 unspecified atom stereocenters. The van der Waals surface area contributed by atoms with Crippen LogP contribution in [0.25, 0.3) is 0 Å². The van der Waals surface area contributed by atoms with Crippen molar-refractivity contribution in [2.24, 2.45) is 4.99 Å². The van der Waals surface area contributed by atoms with Crippen LogP contribution in [0.2, 0.25) is 0 Å². The molecule has 1 heterocycles. The molecule has 1 aliphatic heterocycles. The Kier molecular flexibility index (Phi) is 5.31. The second-order valence-corrected chi connectivity index (χ2v) is 8.17. The number of carbonyl (C=O) groups is 1. The van der Waals surface area contributed by atoms with E-state index in [2.05, 4.69) is 37.9 Å². The van der Waals surface area contributed by atoms with Gasteiger partial charge in [-0.25, -0.2) is 4.99 Å². The Hall–Kier alpha value is -2.46. The van der Waals surface area contributed by atoms with Crippen LogP contribution in [0.5, 0.6) is 0 Å². The fourth-order valence-corrected chi connectivity index (χ4v) is 4.29. The second-order valence-electron chi connectivity index (χ2n) is 8.17. The lowest BCUT2D eigenvalue weighted by Gasteiger charge is -2.34. The molecular formula is C24H29N3O. The number of amides is 1. The van der Waals surface area contributed by atoms with Gasteiger partial charge in [0.05, 0.1) is 18.0 Å². The SMILES string of the molecule is Cc1ccc(N=C2C(=O)N(CN(C)C3CCCCC3)c3ccccc32)cc1C. The van der Waals surface area contributed by atoms with Gasteiger partial charge in [0.2, 0.25) is 0 Å². The fourth-order valence-electron chi connectivity index (χ4n) is 4.29. The zero-order valence-corrected chi connectivity index (χ0v) is 17.1. The van der Waals surface area contributed by atoms with Crippen LogP contribution in [-0.4, -0.2) is 36.3 Å². The lowest BCUT2D eigenvalue weighted by molar-refractivity contribution is -0.112. The zero-order chi connectivity index (χ0) is 19.7. The lowest BCUT2D eigenvalue weighted by atomic mass is 9.95. The number of carbonyl (C=O) groups excluding carboxylic acids is 1. The van der Waals surface area contributed by atoms with E-state index in [1.165, 1.54) is 43.2 Å². The van der Waals surface area contributed by atoms with Crippen molar-refractivity contribution >= 4 is 23.0 Å². The normalized spacial score (nSPS) is 18.9. The van der Waals surface area contributed by atoms with E-state index in [9.17, 15) is 4.79 Å². The summed E-state index contributed by atoms with van der Waals surface area (Å²) in [6.45, 7) is 4.78. The molecule has 2 aromatic carbocycles. The van der Waals surface area contributed by atoms with Gasteiger partial charge < -0.3 is 0 Å². The van der Waals surface area contributed by atoms with Crippen LogP contribution in [0.3, 0.4) is 0 Å². The van der Waals surface area contributed by atoms with Gasteiger partial charge in [0.15, 0.2) is 0 Å². The van der Waals surface area contributed by atoms with Gasteiger partial charge in [-0.05, 0) is 63.1 Å². The maximum Gasteiger partial charge on any atom is 0.278 e. The van der Waals surface area contributed by atoms with E-state index in [0.717, 1.165) is 16.9 Å². The maximum atomic E-state index is 13.3. The van der Waals surface area contributed by atoms with E-state index in [1.807, 2.05) is 35.2 Å². The molecule has 0 bridgehead atoms. The Balaban J connectivity index is 1.64. The van der Waals surface area contributed by atoms with Crippen molar-refractivity contribution in [1.29, 1.82) is 0 Å². The quantitative estimate of drug-likeness (QED) is 0.754. The maximum absolute atomic E-state index is 13.3. The first kappa shape index (κ1) is 18.9. The molecule has 1 aliphatic carbocycles.